The molecule has 0 unspecified atom stereocenters. The largest absolute Gasteiger partial charge is 0.507 e. The summed E-state index contributed by atoms with van der Waals surface area (Å²) >= 11 is 3.58. The molecule has 19 heavy (non-hydrogen) atoms. The van der Waals surface area contributed by atoms with Crippen LogP contribution in [0.3, 0.4) is 0 Å². The molecule has 3 nitrogen and oxygen atoms in total. The number of piperazine rings is 1. The summed E-state index contributed by atoms with van der Waals surface area (Å²) in [5.74, 6) is 0.403. The van der Waals surface area contributed by atoms with Crippen LogP contribution in [-0.4, -0.2) is 36.2 Å². The molecule has 1 fully saturated rings. The number of nitrogens with zero attached hydrogens (tertiary/aromatic N) is 1. The van der Waals surface area contributed by atoms with E-state index in [1.807, 2.05) is 25.1 Å². The van der Waals surface area contributed by atoms with Gasteiger partial charge in [-0.1, -0.05) is 28.1 Å². The van der Waals surface area contributed by atoms with Gasteiger partial charge in [0.05, 0.1) is 0 Å². The molecule has 1 aliphatic heterocycles. The van der Waals surface area contributed by atoms with Crippen molar-refractivity contribution in [1.29, 1.82) is 0 Å². The molecule has 1 atom stereocenters. The van der Waals surface area contributed by atoms with Gasteiger partial charge in [0.25, 0.3) is 0 Å². The first-order chi connectivity index (χ1) is 9.15. The zero-order valence-corrected chi connectivity index (χ0v) is 12.9. The fourth-order valence-corrected chi connectivity index (χ4v) is 3.19. The van der Waals surface area contributed by atoms with Crippen molar-refractivity contribution in [3.05, 3.63) is 40.4 Å². The predicted octanol–water partition coefficient (Wildman–Crippen LogP) is 2.99. The Balaban J connectivity index is 2.37. The molecule has 1 aromatic carbocycles. The molecule has 0 amide bonds. The van der Waals surface area contributed by atoms with E-state index < -0.39 is 0 Å². The number of halogens is 1. The number of phenolic OH excluding ortho intramolecular Hbond substituents is 1. The monoisotopic (exact) mass is 324 g/mol. The van der Waals surface area contributed by atoms with Crippen LogP contribution >= 0.6 is 15.9 Å². The number of hydrogen-bond acceptors (Lipinski definition) is 3. The minimum absolute atomic E-state index is 0.189. The van der Waals surface area contributed by atoms with Gasteiger partial charge in [-0.2, -0.15) is 0 Å². The van der Waals surface area contributed by atoms with Crippen LogP contribution in [0.1, 0.15) is 23.6 Å². The van der Waals surface area contributed by atoms with Gasteiger partial charge in [0.1, 0.15) is 5.75 Å². The van der Waals surface area contributed by atoms with E-state index in [-0.39, 0.29) is 6.04 Å². The SMILES string of the molecule is C=CC[C@H](c1c(Br)ccc(C)c1O)N1CCNCC1. The van der Waals surface area contributed by atoms with Crippen LogP contribution in [0.5, 0.6) is 5.75 Å². The Morgan fingerprint density at radius 2 is 2.16 bits per heavy atom. The molecule has 0 aromatic heterocycles. The maximum absolute atomic E-state index is 10.4. The fourth-order valence-electron chi connectivity index (χ4n) is 2.61. The highest BCUT2D eigenvalue weighted by Crippen LogP contribution is 2.39. The van der Waals surface area contributed by atoms with E-state index in [1.54, 1.807) is 0 Å². The second-order valence-electron chi connectivity index (χ2n) is 4.95. The van der Waals surface area contributed by atoms with E-state index in [2.05, 4.69) is 32.7 Å². The van der Waals surface area contributed by atoms with Gasteiger partial charge in [0, 0.05) is 42.3 Å². The Kier molecular flexibility index (Phi) is 5.02. The topological polar surface area (TPSA) is 35.5 Å². The van der Waals surface area contributed by atoms with E-state index in [1.165, 1.54) is 0 Å². The van der Waals surface area contributed by atoms with Crippen LogP contribution in [0, 0.1) is 6.92 Å². The average Bonchev–Trinajstić information content (AvgIpc) is 2.43. The van der Waals surface area contributed by atoms with E-state index in [0.29, 0.717) is 5.75 Å². The van der Waals surface area contributed by atoms with E-state index in [0.717, 1.165) is 48.2 Å². The first-order valence-electron chi connectivity index (χ1n) is 6.68. The minimum Gasteiger partial charge on any atom is -0.507 e. The molecule has 0 radical (unpaired) electrons. The van der Waals surface area contributed by atoms with Crippen LogP contribution in [-0.2, 0) is 0 Å². The maximum atomic E-state index is 10.4. The van der Waals surface area contributed by atoms with Gasteiger partial charge in [-0.25, -0.2) is 0 Å². The summed E-state index contributed by atoms with van der Waals surface area (Å²) in [5, 5.41) is 13.8. The molecule has 0 aliphatic carbocycles. The second kappa shape index (κ2) is 6.55. The van der Waals surface area contributed by atoms with Crippen molar-refractivity contribution in [2.75, 3.05) is 26.2 Å². The third kappa shape index (κ3) is 3.19. The summed E-state index contributed by atoms with van der Waals surface area (Å²) in [6, 6.07) is 4.14. The van der Waals surface area contributed by atoms with E-state index in [4.69, 9.17) is 0 Å². The van der Waals surface area contributed by atoms with Crippen LogP contribution in [0.2, 0.25) is 0 Å². The molecule has 1 saturated heterocycles. The Bertz CT molecular complexity index is 456. The standard InChI is InChI=1S/C15H21BrN2O/c1-3-4-13(18-9-7-17-8-10-18)14-12(16)6-5-11(2)15(14)19/h3,5-6,13,17,19H,1,4,7-10H2,2H3/t13-/m1/s1. The molecule has 0 saturated carbocycles. The van der Waals surface area contributed by atoms with Crippen molar-refractivity contribution in [3.63, 3.8) is 0 Å². The highest BCUT2D eigenvalue weighted by Gasteiger charge is 2.25. The third-order valence-corrected chi connectivity index (χ3v) is 4.37. The first kappa shape index (κ1) is 14.6. The Morgan fingerprint density at radius 3 is 2.79 bits per heavy atom. The van der Waals surface area contributed by atoms with Crippen LogP contribution in [0.25, 0.3) is 0 Å². The predicted molar refractivity (Wildman–Crippen MR) is 82.5 cm³/mol. The summed E-state index contributed by atoms with van der Waals surface area (Å²) in [7, 11) is 0. The lowest BCUT2D eigenvalue weighted by Crippen LogP contribution is -2.45. The van der Waals surface area contributed by atoms with Crippen molar-refractivity contribution in [3.8, 4) is 5.75 Å². The van der Waals surface area contributed by atoms with Gasteiger partial charge in [-0.15, -0.1) is 6.58 Å². The molecule has 0 bridgehead atoms. The van der Waals surface area contributed by atoms with Gasteiger partial charge in [-0.05, 0) is 25.0 Å². The highest BCUT2D eigenvalue weighted by atomic mass is 79.9. The fraction of sp³-hybridized carbons (Fsp3) is 0.467. The molecule has 0 spiro atoms. The Labute approximate surface area is 123 Å². The highest BCUT2D eigenvalue weighted by molar-refractivity contribution is 9.10. The van der Waals surface area contributed by atoms with Crippen molar-refractivity contribution in [2.24, 2.45) is 0 Å². The van der Waals surface area contributed by atoms with Gasteiger partial charge in [0.15, 0.2) is 0 Å². The molecular formula is C15H21BrN2O. The molecule has 4 heteroatoms. The molecule has 1 aromatic rings. The maximum Gasteiger partial charge on any atom is 0.124 e. The smallest absolute Gasteiger partial charge is 0.124 e. The number of rotatable bonds is 4. The number of nitrogens with one attached hydrogen (secondary N) is 1. The number of benzene rings is 1. The number of hydrogen-bond donors (Lipinski definition) is 2. The first-order valence-corrected chi connectivity index (χ1v) is 7.48. The summed E-state index contributed by atoms with van der Waals surface area (Å²) in [5.41, 5.74) is 1.91. The van der Waals surface area contributed by atoms with Crippen molar-refractivity contribution in [1.82, 2.24) is 10.2 Å². The summed E-state index contributed by atoms with van der Waals surface area (Å²) in [4.78, 5) is 2.41. The normalized spacial score (nSPS) is 18.2. The number of aryl methyl sites for hydroxylation is 1. The molecule has 2 rings (SSSR count). The van der Waals surface area contributed by atoms with Crippen molar-refractivity contribution < 1.29 is 5.11 Å². The quantitative estimate of drug-likeness (QED) is 0.836. The van der Waals surface area contributed by atoms with Crippen LogP contribution < -0.4 is 5.32 Å². The van der Waals surface area contributed by atoms with Crippen LogP contribution in [0.4, 0.5) is 0 Å². The summed E-state index contributed by atoms with van der Waals surface area (Å²) < 4.78 is 0.973. The Morgan fingerprint density at radius 1 is 1.47 bits per heavy atom. The van der Waals surface area contributed by atoms with E-state index in [9.17, 15) is 5.11 Å². The number of aromatic hydroxyl groups is 1. The second-order valence-corrected chi connectivity index (χ2v) is 5.81. The summed E-state index contributed by atoms with van der Waals surface area (Å²) in [6.07, 6.45) is 2.77. The summed E-state index contributed by atoms with van der Waals surface area (Å²) in [6.45, 7) is 9.79. The third-order valence-electron chi connectivity index (χ3n) is 3.68. The lowest BCUT2D eigenvalue weighted by atomic mass is 9.98. The zero-order valence-electron chi connectivity index (χ0n) is 11.3. The van der Waals surface area contributed by atoms with Gasteiger partial charge in [0.2, 0.25) is 0 Å². The average molecular weight is 325 g/mol. The van der Waals surface area contributed by atoms with Gasteiger partial charge in [-0.3, -0.25) is 4.90 Å². The number of phenols is 1. The lowest BCUT2D eigenvalue weighted by molar-refractivity contribution is 0.171. The Hall–Kier alpha value is -0.840. The van der Waals surface area contributed by atoms with Crippen LogP contribution in [0.15, 0.2) is 29.3 Å². The molecule has 1 aliphatic rings. The zero-order chi connectivity index (χ0) is 13.8. The lowest BCUT2D eigenvalue weighted by Gasteiger charge is -2.35. The van der Waals surface area contributed by atoms with E-state index >= 15 is 0 Å². The molecular weight excluding hydrogens is 304 g/mol. The molecule has 1 heterocycles. The molecule has 2 N–H and O–H groups in total. The van der Waals surface area contributed by atoms with Crippen molar-refractivity contribution >= 4 is 15.9 Å². The molecule has 104 valence electrons. The minimum atomic E-state index is 0.189. The van der Waals surface area contributed by atoms with Gasteiger partial charge >= 0.3 is 0 Å². The van der Waals surface area contributed by atoms with Crippen molar-refractivity contribution in [2.45, 2.75) is 19.4 Å². The van der Waals surface area contributed by atoms with Gasteiger partial charge < -0.3 is 10.4 Å².